The molecule has 1 aromatic heterocycles. The van der Waals surface area contributed by atoms with Crippen molar-refractivity contribution in [2.75, 3.05) is 12.4 Å². The smallest absolute Gasteiger partial charge is 0.248 e. The van der Waals surface area contributed by atoms with Gasteiger partial charge in [-0.15, -0.1) is 0 Å². The van der Waals surface area contributed by atoms with Crippen LogP contribution in [0.2, 0.25) is 0 Å². The van der Waals surface area contributed by atoms with E-state index in [-0.39, 0.29) is 5.91 Å². The van der Waals surface area contributed by atoms with Crippen molar-refractivity contribution in [1.29, 1.82) is 0 Å². The van der Waals surface area contributed by atoms with Gasteiger partial charge in [0, 0.05) is 17.7 Å². The first-order valence-electron chi connectivity index (χ1n) is 7.23. The van der Waals surface area contributed by atoms with Crippen molar-refractivity contribution < 1.29 is 9.53 Å². The molecule has 0 radical (unpaired) electrons. The zero-order chi connectivity index (χ0) is 16.1. The SMILES string of the molecule is COc1cccc(/C=C/C(=O)Nc2ccnc3ccccc23)c1. The molecule has 4 nitrogen and oxygen atoms in total. The molecule has 114 valence electrons. The number of methoxy groups -OCH3 is 1. The van der Waals surface area contributed by atoms with Crippen LogP contribution in [0.25, 0.3) is 17.0 Å². The average Bonchev–Trinajstić information content (AvgIpc) is 2.60. The molecule has 3 rings (SSSR count). The number of para-hydroxylation sites is 1. The van der Waals surface area contributed by atoms with Gasteiger partial charge in [-0.3, -0.25) is 9.78 Å². The maximum Gasteiger partial charge on any atom is 0.248 e. The number of aromatic nitrogens is 1. The Hall–Kier alpha value is -3.14. The maximum absolute atomic E-state index is 12.1. The van der Waals surface area contributed by atoms with Gasteiger partial charge in [-0.2, -0.15) is 0 Å². The number of anilines is 1. The second-order valence-electron chi connectivity index (χ2n) is 4.97. The number of nitrogens with one attached hydrogen (secondary N) is 1. The van der Waals surface area contributed by atoms with Gasteiger partial charge in [-0.25, -0.2) is 0 Å². The van der Waals surface area contributed by atoms with Crippen molar-refractivity contribution in [3.05, 3.63) is 72.4 Å². The Kier molecular flexibility index (Phi) is 4.34. The Morgan fingerprint density at radius 3 is 2.87 bits per heavy atom. The number of benzene rings is 2. The van der Waals surface area contributed by atoms with Crippen LogP contribution in [0, 0.1) is 0 Å². The van der Waals surface area contributed by atoms with E-state index in [1.807, 2.05) is 48.5 Å². The first kappa shape index (κ1) is 14.8. The molecule has 4 heteroatoms. The number of carbonyl (C=O) groups excluding carboxylic acids is 1. The molecule has 0 spiro atoms. The number of fused-ring (bicyclic) bond motifs is 1. The largest absolute Gasteiger partial charge is 0.497 e. The van der Waals surface area contributed by atoms with Crippen LogP contribution in [-0.4, -0.2) is 18.0 Å². The third-order valence-electron chi connectivity index (χ3n) is 3.43. The molecule has 0 unspecified atom stereocenters. The minimum Gasteiger partial charge on any atom is -0.497 e. The molecule has 1 amide bonds. The topological polar surface area (TPSA) is 51.2 Å². The first-order chi connectivity index (χ1) is 11.3. The quantitative estimate of drug-likeness (QED) is 0.744. The summed E-state index contributed by atoms with van der Waals surface area (Å²) in [4.78, 5) is 16.4. The molecule has 2 aromatic carbocycles. The standard InChI is InChI=1S/C19H16N2O2/c1-23-15-6-4-5-14(13-15)9-10-19(22)21-18-11-12-20-17-8-3-2-7-16(17)18/h2-13H,1H3,(H,20,21,22)/b10-9+. The molecule has 0 bridgehead atoms. The molecular formula is C19H16N2O2. The van der Waals surface area contributed by atoms with Gasteiger partial charge in [-0.1, -0.05) is 30.3 Å². The second-order valence-corrected chi connectivity index (χ2v) is 4.97. The minimum absolute atomic E-state index is 0.191. The van der Waals surface area contributed by atoms with E-state index in [0.29, 0.717) is 0 Å². The number of hydrogen-bond acceptors (Lipinski definition) is 3. The summed E-state index contributed by atoms with van der Waals surface area (Å²) in [5.41, 5.74) is 2.50. The molecule has 0 aliphatic heterocycles. The summed E-state index contributed by atoms with van der Waals surface area (Å²) in [6.07, 6.45) is 4.94. The molecule has 23 heavy (non-hydrogen) atoms. The van der Waals surface area contributed by atoms with Gasteiger partial charge in [0.2, 0.25) is 5.91 Å². The zero-order valence-corrected chi connectivity index (χ0v) is 12.7. The van der Waals surface area contributed by atoms with Crippen molar-refractivity contribution in [2.24, 2.45) is 0 Å². The number of carbonyl (C=O) groups is 1. The molecule has 0 aliphatic carbocycles. The predicted molar refractivity (Wildman–Crippen MR) is 92.4 cm³/mol. The Bertz CT molecular complexity index is 867. The molecule has 3 aromatic rings. The fraction of sp³-hybridized carbons (Fsp3) is 0.0526. The van der Waals surface area contributed by atoms with Crippen molar-refractivity contribution in [2.45, 2.75) is 0 Å². The van der Waals surface area contributed by atoms with Crippen LogP contribution in [0.5, 0.6) is 5.75 Å². The van der Waals surface area contributed by atoms with Gasteiger partial charge in [0.25, 0.3) is 0 Å². The second kappa shape index (κ2) is 6.75. The van der Waals surface area contributed by atoms with Crippen LogP contribution >= 0.6 is 0 Å². The summed E-state index contributed by atoms with van der Waals surface area (Å²) < 4.78 is 5.16. The highest BCUT2D eigenvalue weighted by Crippen LogP contribution is 2.21. The van der Waals surface area contributed by atoms with Gasteiger partial charge in [0.1, 0.15) is 5.75 Å². The van der Waals surface area contributed by atoms with Crippen LogP contribution in [0.15, 0.2) is 66.9 Å². The average molecular weight is 304 g/mol. The van der Waals surface area contributed by atoms with Crippen molar-refractivity contribution in [3.8, 4) is 5.75 Å². The molecule has 0 saturated heterocycles. The Morgan fingerprint density at radius 1 is 1.13 bits per heavy atom. The maximum atomic E-state index is 12.1. The van der Waals surface area contributed by atoms with Crippen LogP contribution in [0.4, 0.5) is 5.69 Å². The Morgan fingerprint density at radius 2 is 2.00 bits per heavy atom. The summed E-state index contributed by atoms with van der Waals surface area (Å²) in [6, 6.07) is 17.0. The summed E-state index contributed by atoms with van der Waals surface area (Å²) in [5.74, 6) is 0.567. The lowest BCUT2D eigenvalue weighted by Gasteiger charge is -2.06. The lowest BCUT2D eigenvalue weighted by atomic mass is 10.2. The first-order valence-corrected chi connectivity index (χ1v) is 7.23. The van der Waals surface area contributed by atoms with Crippen LogP contribution in [-0.2, 0) is 4.79 Å². The highest BCUT2D eigenvalue weighted by Gasteiger charge is 2.03. The van der Waals surface area contributed by atoms with Gasteiger partial charge >= 0.3 is 0 Å². The molecule has 1 heterocycles. The third-order valence-corrected chi connectivity index (χ3v) is 3.43. The van der Waals surface area contributed by atoms with Crippen molar-refractivity contribution >= 4 is 28.6 Å². The number of amides is 1. The Labute approximate surface area is 134 Å². The van der Waals surface area contributed by atoms with E-state index < -0.39 is 0 Å². The Balaban J connectivity index is 1.77. The summed E-state index contributed by atoms with van der Waals surface area (Å²) in [5, 5.41) is 3.80. The molecule has 1 N–H and O–H groups in total. The summed E-state index contributed by atoms with van der Waals surface area (Å²) >= 11 is 0. The predicted octanol–water partition coefficient (Wildman–Crippen LogP) is 3.90. The van der Waals surface area contributed by atoms with E-state index >= 15 is 0 Å². The number of nitrogens with zero attached hydrogens (tertiary/aromatic N) is 1. The summed E-state index contributed by atoms with van der Waals surface area (Å²) in [7, 11) is 1.62. The van der Waals surface area contributed by atoms with Crippen LogP contribution < -0.4 is 10.1 Å². The van der Waals surface area contributed by atoms with Crippen molar-refractivity contribution in [3.63, 3.8) is 0 Å². The van der Waals surface area contributed by atoms with E-state index in [0.717, 1.165) is 27.9 Å². The van der Waals surface area contributed by atoms with Crippen LogP contribution in [0.3, 0.4) is 0 Å². The van der Waals surface area contributed by atoms with E-state index in [4.69, 9.17) is 4.74 Å². The van der Waals surface area contributed by atoms with Gasteiger partial charge < -0.3 is 10.1 Å². The number of ether oxygens (including phenoxy) is 1. The molecule has 0 fully saturated rings. The van der Waals surface area contributed by atoms with E-state index in [9.17, 15) is 4.79 Å². The normalized spacial score (nSPS) is 10.8. The molecule has 0 aliphatic rings. The van der Waals surface area contributed by atoms with Crippen LogP contribution in [0.1, 0.15) is 5.56 Å². The van der Waals surface area contributed by atoms with E-state index in [1.165, 1.54) is 6.08 Å². The molecule has 0 atom stereocenters. The zero-order valence-electron chi connectivity index (χ0n) is 12.7. The molecular weight excluding hydrogens is 288 g/mol. The van der Waals surface area contributed by atoms with E-state index in [1.54, 1.807) is 25.4 Å². The number of rotatable bonds is 4. The fourth-order valence-corrected chi connectivity index (χ4v) is 2.30. The van der Waals surface area contributed by atoms with Gasteiger partial charge in [0.15, 0.2) is 0 Å². The summed E-state index contributed by atoms with van der Waals surface area (Å²) in [6.45, 7) is 0. The number of pyridine rings is 1. The van der Waals surface area contributed by atoms with Gasteiger partial charge in [-0.05, 0) is 35.9 Å². The minimum atomic E-state index is -0.191. The number of hydrogen-bond donors (Lipinski definition) is 1. The molecule has 0 saturated carbocycles. The monoisotopic (exact) mass is 304 g/mol. The van der Waals surface area contributed by atoms with E-state index in [2.05, 4.69) is 10.3 Å². The van der Waals surface area contributed by atoms with Crippen molar-refractivity contribution in [1.82, 2.24) is 4.98 Å². The highest BCUT2D eigenvalue weighted by atomic mass is 16.5. The lowest BCUT2D eigenvalue weighted by molar-refractivity contribution is -0.111. The fourth-order valence-electron chi connectivity index (χ4n) is 2.30. The lowest BCUT2D eigenvalue weighted by Crippen LogP contribution is -2.08. The highest BCUT2D eigenvalue weighted by molar-refractivity contribution is 6.06. The van der Waals surface area contributed by atoms with Gasteiger partial charge in [0.05, 0.1) is 18.3 Å². The third kappa shape index (κ3) is 3.55.